The average Bonchev–Trinajstić information content (AvgIpc) is 2.81. The molecule has 0 spiro atoms. The zero-order valence-electron chi connectivity index (χ0n) is 17.1. The van der Waals surface area contributed by atoms with Crippen LogP contribution in [0.25, 0.3) is 11.1 Å². The molecule has 0 unspecified atom stereocenters. The highest BCUT2D eigenvalue weighted by Crippen LogP contribution is 2.35. The lowest BCUT2D eigenvalue weighted by atomic mass is 9.82. The molecule has 0 saturated carbocycles. The Morgan fingerprint density at radius 1 is 0.967 bits per heavy atom. The minimum atomic E-state index is -0.185. The van der Waals surface area contributed by atoms with Crippen LogP contribution in [0, 0.1) is 0 Å². The summed E-state index contributed by atoms with van der Waals surface area (Å²) in [4.78, 5) is 13.1. The maximum absolute atomic E-state index is 10.8. The van der Waals surface area contributed by atoms with Crippen LogP contribution >= 0.6 is 11.6 Å². The summed E-state index contributed by atoms with van der Waals surface area (Å²) in [5, 5.41) is 0.746. The number of methoxy groups -OCH3 is 1. The summed E-state index contributed by atoms with van der Waals surface area (Å²) in [5.74, 6) is 0. The number of hydrogen-bond donors (Lipinski definition) is 0. The van der Waals surface area contributed by atoms with Gasteiger partial charge in [-0.15, -0.1) is 0 Å². The van der Waals surface area contributed by atoms with Crippen LogP contribution in [0.2, 0.25) is 5.02 Å². The Morgan fingerprint density at radius 3 is 2.27 bits per heavy atom. The quantitative estimate of drug-likeness (QED) is 0.514. The van der Waals surface area contributed by atoms with E-state index in [1.165, 1.54) is 16.7 Å². The molecule has 0 bridgehead atoms. The van der Waals surface area contributed by atoms with Crippen molar-refractivity contribution in [2.45, 2.75) is 24.9 Å². The number of benzene rings is 3. The van der Waals surface area contributed by atoms with Gasteiger partial charge < -0.3 is 9.64 Å². The molecule has 153 valence electrons. The molecule has 3 nitrogen and oxygen atoms in total. The molecular formula is C26H25ClNO2. The van der Waals surface area contributed by atoms with E-state index in [1.807, 2.05) is 49.8 Å². The standard InChI is InChI=1S/C26H25ClNO2/c1-30-26(14-16-28(17-15-26)24-12-6-20(19-29)7-13-24)18-22-4-2-3-5-25(22)21-8-10-23(27)11-9-21/h2-13H,14-18H2,1H3. The predicted octanol–water partition coefficient (Wildman–Crippen LogP) is 5.69. The van der Waals surface area contributed by atoms with Crippen LogP contribution in [-0.2, 0) is 16.0 Å². The molecule has 1 aliphatic rings. The fourth-order valence-electron chi connectivity index (χ4n) is 4.30. The van der Waals surface area contributed by atoms with Gasteiger partial charge in [-0.05, 0) is 65.9 Å². The summed E-state index contributed by atoms with van der Waals surface area (Å²) in [5.41, 5.74) is 5.23. The topological polar surface area (TPSA) is 29.5 Å². The number of nitrogens with zero attached hydrogens (tertiary/aromatic N) is 1. The second-order valence-corrected chi connectivity index (χ2v) is 8.30. The van der Waals surface area contributed by atoms with Gasteiger partial charge in [0.05, 0.1) is 5.60 Å². The van der Waals surface area contributed by atoms with E-state index in [1.54, 1.807) is 0 Å². The summed E-state index contributed by atoms with van der Waals surface area (Å²) in [7, 11) is 1.83. The largest absolute Gasteiger partial charge is 0.378 e. The van der Waals surface area contributed by atoms with Gasteiger partial charge in [0.2, 0.25) is 6.29 Å². The van der Waals surface area contributed by atoms with E-state index in [2.05, 4.69) is 41.3 Å². The maximum atomic E-state index is 10.8. The molecule has 1 radical (unpaired) electrons. The molecule has 4 heteroatoms. The first-order valence-electron chi connectivity index (χ1n) is 10.2. The molecular weight excluding hydrogens is 394 g/mol. The number of hydrogen-bond acceptors (Lipinski definition) is 3. The Morgan fingerprint density at radius 2 is 1.63 bits per heavy atom. The van der Waals surface area contributed by atoms with Crippen LogP contribution in [0.5, 0.6) is 0 Å². The van der Waals surface area contributed by atoms with Crippen molar-refractivity contribution in [2.75, 3.05) is 25.1 Å². The van der Waals surface area contributed by atoms with Crippen LogP contribution < -0.4 is 4.90 Å². The van der Waals surface area contributed by atoms with Gasteiger partial charge in [-0.1, -0.05) is 48.0 Å². The molecule has 0 N–H and O–H groups in total. The van der Waals surface area contributed by atoms with Gasteiger partial charge in [0.1, 0.15) is 0 Å². The van der Waals surface area contributed by atoms with Crippen LogP contribution in [0.1, 0.15) is 24.0 Å². The van der Waals surface area contributed by atoms with E-state index in [4.69, 9.17) is 16.3 Å². The van der Waals surface area contributed by atoms with E-state index >= 15 is 0 Å². The Balaban J connectivity index is 1.51. The number of halogens is 1. The van der Waals surface area contributed by atoms with Crippen molar-refractivity contribution in [3.63, 3.8) is 0 Å². The smallest absolute Gasteiger partial charge is 0.233 e. The molecule has 0 aliphatic carbocycles. The molecule has 0 amide bonds. The van der Waals surface area contributed by atoms with Crippen LogP contribution in [0.15, 0.2) is 72.8 Å². The zero-order valence-corrected chi connectivity index (χ0v) is 17.9. The van der Waals surface area contributed by atoms with Crippen LogP contribution in [0.3, 0.4) is 0 Å². The number of rotatable bonds is 6. The first-order chi connectivity index (χ1) is 14.6. The molecule has 0 aromatic heterocycles. The second-order valence-electron chi connectivity index (χ2n) is 7.86. The fourth-order valence-corrected chi connectivity index (χ4v) is 4.42. The van der Waals surface area contributed by atoms with Gasteiger partial charge in [-0.2, -0.15) is 0 Å². The highest BCUT2D eigenvalue weighted by Gasteiger charge is 2.35. The molecule has 30 heavy (non-hydrogen) atoms. The molecule has 0 atom stereocenters. The summed E-state index contributed by atoms with van der Waals surface area (Å²) in [6.07, 6.45) is 4.69. The third-order valence-corrected chi connectivity index (χ3v) is 6.40. The van der Waals surface area contributed by atoms with Crippen molar-refractivity contribution >= 4 is 23.6 Å². The van der Waals surface area contributed by atoms with E-state index in [9.17, 15) is 4.79 Å². The molecule has 4 rings (SSSR count). The van der Waals surface area contributed by atoms with Gasteiger partial charge in [0.25, 0.3) is 0 Å². The molecule has 1 aliphatic heterocycles. The molecule has 1 saturated heterocycles. The van der Waals surface area contributed by atoms with E-state index < -0.39 is 0 Å². The Labute approximate surface area is 183 Å². The Kier molecular flexibility index (Phi) is 6.21. The third kappa shape index (κ3) is 4.43. The fraction of sp³-hybridized carbons (Fsp3) is 0.269. The average molecular weight is 419 g/mol. The van der Waals surface area contributed by atoms with Crippen molar-refractivity contribution in [1.29, 1.82) is 0 Å². The van der Waals surface area contributed by atoms with Crippen molar-refractivity contribution in [3.05, 3.63) is 88.9 Å². The Bertz CT molecular complexity index is 990. The van der Waals surface area contributed by atoms with Gasteiger partial charge >= 0.3 is 0 Å². The highest BCUT2D eigenvalue weighted by atomic mass is 35.5. The molecule has 3 aromatic rings. The monoisotopic (exact) mass is 418 g/mol. The van der Waals surface area contributed by atoms with Crippen LogP contribution in [-0.4, -0.2) is 32.1 Å². The second kappa shape index (κ2) is 9.03. The summed E-state index contributed by atoms with van der Waals surface area (Å²) < 4.78 is 6.11. The number of carbonyl (C=O) groups excluding carboxylic acids is 1. The normalized spacial score (nSPS) is 15.7. The van der Waals surface area contributed by atoms with E-state index in [-0.39, 0.29) is 5.60 Å². The summed E-state index contributed by atoms with van der Waals surface area (Å²) in [6, 6.07) is 24.2. The lowest BCUT2D eigenvalue weighted by Crippen LogP contribution is -2.47. The van der Waals surface area contributed by atoms with E-state index in [0.29, 0.717) is 5.56 Å². The maximum Gasteiger partial charge on any atom is 0.233 e. The van der Waals surface area contributed by atoms with Crippen molar-refractivity contribution in [1.82, 2.24) is 0 Å². The minimum Gasteiger partial charge on any atom is -0.378 e. The number of piperidine rings is 1. The molecule has 3 aromatic carbocycles. The summed E-state index contributed by atoms with van der Waals surface area (Å²) >= 11 is 6.08. The lowest BCUT2D eigenvalue weighted by molar-refractivity contribution is -0.0288. The van der Waals surface area contributed by atoms with E-state index in [0.717, 1.165) is 43.1 Å². The lowest BCUT2D eigenvalue weighted by Gasteiger charge is -2.42. The van der Waals surface area contributed by atoms with Crippen LogP contribution in [0.4, 0.5) is 5.69 Å². The predicted molar refractivity (Wildman–Crippen MR) is 123 cm³/mol. The SMILES string of the molecule is COC1(Cc2ccccc2-c2ccc(Cl)cc2)CCN(c2ccc([C]=O)cc2)CC1. The highest BCUT2D eigenvalue weighted by molar-refractivity contribution is 6.30. The number of anilines is 1. The summed E-state index contributed by atoms with van der Waals surface area (Å²) in [6.45, 7) is 1.84. The Hall–Kier alpha value is -2.62. The van der Waals surface area contributed by atoms with Crippen molar-refractivity contribution < 1.29 is 9.53 Å². The van der Waals surface area contributed by atoms with Crippen molar-refractivity contribution in [2.24, 2.45) is 0 Å². The van der Waals surface area contributed by atoms with Gasteiger partial charge in [0.15, 0.2) is 0 Å². The van der Waals surface area contributed by atoms with Gasteiger partial charge in [-0.25, -0.2) is 0 Å². The zero-order chi connectivity index (χ0) is 21.0. The molecule has 1 heterocycles. The first kappa shape index (κ1) is 20.6. The minimum absolute atomic E-state index is 0.185. The number of ether oxygens (including phenoxy) is 1. The first-order valence-corrected chi connectivity index (χ1v) is 10.6. The van der Waals surface area contributed by atoms with Gasteiger partial charge in [-0.3, -0.25) is 4.79 Å². The molecule has 1 fully saturated rings. The van der Waals surface area contributed by atoms with Crippen molar-refractivity contribution in [3.8, 4) is 11.1 Å². The third-order valence-electron chi connectivity index (χ3n) is 6.14. The van der Waals surface area contributed by atoms with Gasteiger partial charge in [0, 0.05) is 42.9 Å².